The Kier molecular flexibility index (Phi) is 16.0. The first-order chi connectivity index (χ1) is 27.6. The number of aryl methyl sites for hydroxylation is 4. The van der Waals surface area contributed by atoms with E-state index in [1.165, 1.54) is 56.2 Å². The summed E-state index contributed by atoms with van der Waals surface area (Å²) in [5.74, 6) is -3.02. The third-order valence-corrected chi connectivity index (χ3v) is 9.11. The molecule has 8 nitrogen and oxygen atoms in total. The van der Waals surface area contributed by atoms with Gasteiger partial charge in [0.2, 0.25) is 0 Å². The minimum Gasteiger partial charge on any atom is -0.381 e. The number of hydrogen-bond acceptors (Lipinski definition) is 5. The summed E-state index contributed by atoms with van der Waals surface area (Å²) in [6.45, 7) is 3.02. The lowest BCUT2D eigenvalue weighted by Crippen LogP contribution is -2.15. The van der Waals surface area contributed by atoms with Crippen LogP contribution in [-0.4, -0.2) is 47.1 Å². The summed E-state index contributed by atoms with van der Waals surface area (Å²) in [4.78, 5) is 12.3. The van der Waals surface area contributed by atoms with Crippen molar-refractivity contribution in [2.24, 2.45) is 0 Å². The Balaban J connectivity index is 0.000000229. The maximum Gasteiger partial charge on any atom is 0.333 e. The molecule has 1 amide bonds. The lowest BCUT2D eigenvalue weighted by Gasteiger charge is -2.11. The molecule has 1 aliphatic rings. The fraction of sp³-hybridized carbons (Fsp3) is 0.262. The van der Waals surface area contributed by atoms with Crippen molar-refractivity contribution in [2.75, 3.05) is 23.8 Å². The fourth-order valence-corrected chi connectivity index (χ4v) is 6.05. The van der Waals surface area contributed by atoms with Crippen molar-refractivity contribution in [3.05, 3.63) is 142 Å². The van der Waals surface area contributed by atoms with E-state index in [-0.39, 0.29) is 54.4 Å². The monoisotopic (exact) mass is 823 g/mol. The molecule has 4 aromatic carbocycles. The Bertz CT molecular complexity index is 2320. The van der Waals surface area contributed by atoms with Gasteiger partial charge in [0.15, 0.2) is 0 Å². The number of halogens is 8. The number of amides is 1. The normalized spacial score (nSPS) is 12.0. The lowest BCUT2D eigenvalue weighted by atomic mass is 10.0. The summed E-state index contributed by atoms with van der Waals surface area (Å²) < 4.78 is 114. The number of ether oxygens (including phenoxy) is 1. The number of nitrogens with zero attached hydrogens (tertiary/aromatic N) is 4. The van der Waals surface area contributed by atoms with Crippen LogP contribution in [-0.2, 0) is 11.3 Å². The van der Waals surface area contributed by atoms with Gasteiger partial charge in [-0.3, -0.25) is 4.79 Å². The van der Waals surface area contributed by atoms with E-state index in [9.17, 15) is 39.9 Å². The quantitative estimate of drug-likeness (QED) is 0.112. The summed E-state index contributed by atoms with van der Waals surface area (Å²) in [5.41, 5.74) is 3.53. The first-order valence-electron chi connectivity index (χ1n) is 18.0. The minimum atomic E-state index is -2.83. The van der Waals surface area contributed by atoms with Crippen LogP contribution in [0, 0.1) is 51.0 Å². The van der Waals surface area contributed by atoms with Crippen LogP contribution in [0.1, 0.15) is 64.4 Å². The summed E-state index contributed by atoms with van der Waals surface area (Å²) in [5, 5.41) is 12.8. The third-order valence-electron chi connectivity index (χ3n) is 9.11. The van der Waals surface area contributed by atoms with Gasteiger partial charge in [-0.05, 0) is 100 Å². The number of anilines is 2. The van der Waals surface area contributed by atoms with Gasteiger partial charge in [0.25, 0.3) is 5.91 Å². The second kappa shape index (κ2) is 20.6. The number of benzene rings is 4. The molecule has 3 radical (unpaired) electrons. The second-order valence-corrected chi connectivity index (χ2v) is 13.3. The number of alkyl halides is 4. The zero-order valence-corrected chi connectivity index (χ0v) is 32.5. The molecule has 3 heterocycles. The van der Waals surface area contributed by atoms with Crippen molar-refractivity contribution in [3.8, 4) is 22.3 Å². The molecular weight excluding hydrogens is 783 g/mol. The average molecular weight is 824 g/mol. The average Bonchev–Trinajstić information content (AvgIpc) is 3.95. The third kappa shape index (κ3) is 11.6. The topological polar surface area (TPSA) is 86.0 Å². The zero-order chi connectivity index (χ0) is 42.1. The predicted octanol–water partition coefficient (Wildman–Crippen LogP) is 11.0. The first-order valence-corrected chi connectivity index (χ1v) is 18.0. The van der Waals surface area contributed by atoms with Gasteiger partial charge in [-0.25, -0.2) is 26.9 Å². The Morgan fingerprint density at radius 2 is 1.15 bits per heavy atom. The highest BCUT2D eigenvalue weighted by molar-refractivity contribution is 6.05. The van der Waals surface area contributed by atoms with Crippen molar-refractivity contribution < 1.29 is 44.7 Å². The number of nitrogens with one attached hydrogen (secondary N) is 2. The molecule has 309 valence electrons. The largest absolute Gasteiger partial charge is 0.381 e. The molecule has 1 aliphatic heterocycles. The highest BCUT2D eigenvalue weighted by atomic mass is 19.3. The number of aromatic nitrogens is 4. The molecule has 6 aromatic rings. The Morgan fingerprint density at radius 1 is 0.661 bits per heavy atom. The number of hydrogen-bond donors (Lipinski definition) is 2. The van der Waals surface area contributed by atoms with Crippen LogP contribution in [0.4, 0.5) is 46.5 Å². The van der Waals surface area contributed by atoms with E-state index in [0.717, 1.165) is 43.3 Å². The molecule has 0 atom stereocenters. The Labute approximate surface area is 337 Å². The van der Waals surface area contributed by atoms with E-state index in [1.807, 2.05) is 0 Å². The molecular formula is C42H40BF8N6O2. The van der Waals surface area contributed by atoms with Crippen molar-refractivity contribution >= 4 is 25.7 Å². The van der Waals surface area contributed by atoms with Gasteiger partial charge in [0.1, 0.15) is 23.3 Å². The minimum absolute atomic E-state index is 0. The smallest absolute Gasteiger partial charge is 0.333 e. The fourth-order valence-electron chi connectivity index (χ4n) is 6.05. The molecule has 17 heteroatoms. The molecule has 1 fully saturated rings. The van der Waals surface area contributed by atoms with E-state index >= 15 is 0 Å². The highest BCUT2D eigenvalue weighted by Gasteiger charge is 2.19. The van der Waals surface area contributed by atoms with Gasteiger partial charge in [0, 0.05) is 79.8 Å². The first kappa shape index (κ1) is 45.7. The standard InChI is InChI=1S/C19H15F4N3O.C19H17F4N3.C4H8O.B/c1-10-4-3-5-15(20)17(10)18(27)24-12-6-7-13(16(21)8-12)14-9-26(19(22)23)25-11(14)2;1-11-4-3-5-17(20)15(11)9-24-13-6-7-14(18(21)8-13)16-10-26(19(22)23)25-12(16)2;1-2-4-5-3-1;/h3-9,19H,1-2H3,(H,24,27);3-8,10,19,24H,9H2,1-2H3;1-4H2;. The molecule has 0 spiro atoms. The van der Waals surface area contributed by atoms with Crippen molar-refractivity contribution in [3.63, 3.8) is 0 Å². The van der Waals surface area contributed by atoms with Crippen molar-refractivity contribution in [1.82, 2.24) is 19.6 Å². The lowest BCUT2D eigenvalue weighted by molar-refractivity contribution is 0.0559. The second-order valence-electron chi connectivity index (χ2n) is 13.3. The van der Waals surface area contributed by atoms with E-state index < -0.39 is 36.5 Å². The zero-order valence-electron chi connectivity index (χ0n) is 32.5. The molecule has 0 saturated carbocycles. The van der Waals surface area contributed by atoms with Crippen molar-refractivity contribution in [2.45, 2.75) is 60.2 Å². The molecule has 2 N–H and O–H groups in total. The van der Waals surface area contributed by atoms with Gasteiger partial charge >= 0.3 is 13.1 Å². The predicted molar refractivity (Wildman–Crippen MR) is 211 cm³/mol. The van der Waals surface area contributed by atoms with E-state index in [0.29, 0.717) is 37.4 Å². The number of carbonyl (C=O) groups is 1. The van der Waals surface area contributed by atoms with E-state index in [4.69, 9.17) is 4.74 Å². The Hall–Kier alpha value is -5.97. The summed E-state index contributed by atoms with van der Waals surface area (Å²) in [6.07, 6.45) is 4.73. The molecule has 0 bridgehead atoms. The number of rotatable bonds is 9. The molecule has 7 rings (SSSR count). The number of carbonyl (C=O) groups excluding carboxylic acids is 1. The maximum absolute atomic E-state index is 14.5. The van der Waals surface area contributed by atoms with E-state index in [1.54, 1.807) is 45.0 Å². The van der Waals surface area contributed by atoms with Crippen LogP contribution in [0.5, 0.6) is 0 Å². The van der Waals surface area contributed by atoms with Crippen LogP contribution in [0.15, 0.2) is 85.2 Å². The molecule has 0 unspecified atom stereocenters. The van der Waals surface area contributed by atoms with E-state index in [2.05, 4.69) is 20.8 Å². The van der Waals surface area contributed by atoms with Crippen LogP contribution in [0.3, 0.4) is 0 Å². The summed E-state index contributed by atoms with van der Waals surface area (Å²) in [6, 6.07) is 17.2. The van der Waals surface area contributed by atoms with Crippen LogP contribution < -0.4 is 10.6 Å². The van der Waals surface area contributed by atoms with Gasteiger partial charge in [0.05, 0.1) is 17.0 Å². The van der Waals surface area contributed by atoms with Crippen LogP contribution in [0.2, 0.25) is 0 Å². The molecule has 59 heavy (non-hydrogen) atoms. The highest BCUT2D eigenvalue weighted by Crippen LogP contribution is 2.31. The molecule has 1 saturated heterocycles. The molecule has 2 aromatic heterocycles. The van der Waals surface area contributed by atoms with Crippen molar-refractivity contribution in [1.29, 1.82) is 0 Å². The summed E-state index contributed by atoms with van der Waals surface area (Å²) >= 11 is 0. The SMILES string of the molecule is C1CCOC1.Cc1cccc(F)c1C(=O)Nc1ccc(-c2cn(C(F)F)nc2C)c(F)c1.Cc1cccc(F)c1CNc1ccc(-c2cn(C(F)F)nc2C)c(F)c1.[B]. The van der Waals surface area contributed by atoms with Gasteiger partial charge in [-0.15, -0.1) is 0 Å². The van der Waals surface area contributed by atoms with Crippen LogP contribution >= 0.6 is 0 Å². The van der Waals surface area contributed by atoms with Gasteiger partial charge < -0.3 is 15.4 Å². The maximum atomic E-state index is 14.5. The Morgan fingerprint density at radius 3 is 1.59 bits per heavy atom. The summed E-state index contributed by atoms with van der Waals surface area (Å²) in [7, 11) is 0. The van der Waals surface area contributed by atoms with Gasteiger partial charge in [-0.2, -0.15) is 27.8 Å². The van der Waals surface area contributed by atoms with Crippen LogP contribution in [0.25, 0.3) is 22.3 Å². The molecule has 0 aliphatic carbocycles. The van der Waals surface area contributed by atoms with Gasteiger partial charge in [-0.1, -0.05) is 24.3 Å².